The first kappa shape index (κ1) is 19.1. The lowest BCUT2D eigenvalue weighted by Gasteiger charge is -2.15. The van der Waals surface area contributed by atoms with Gasteiger partial charge in [-0.1, -0.05) is 18.2 Å². The van der Waals surface area contributed by atoms with Crippen molar-refractivity contribution in [1.82, 2.24) is 14.9 Å². The van der Waals surface area contributed by atoms with Crippen LogP contribution in [0.1, 0.15) is 22.8 Å². The Bertz CT molecular complexity index is 1110. The molecule has 1 amide bonds. The second-order valence-electron chi connectivity index (χ2n) is 6.43. The van der Waals surface area contributed by atoms with Gasteiger partial charge in [0.25, 0.3) is 5.56 Å². The number of hydrogen-bond donors (Lipinski definition) is 3. The van der Waals surface area contributed by atoms with Gasteiger partial charge in [0.15, 0.2) is 5.78 Å². The predicted molar refractivity (Wildman–Crippen MR) is 102 cm³/mol. The summed E-state index contributed by atoms with van der Waals surface area (Å²) in [4.78, 5) is 50.7. The van der Waals surface area contributed by atoms with Gasteiger partial charge < -0.3 is 20.0 Å². The fraction of sp³-hybridized carbons (Fsp3) is 0.200. The average molecular weight is 381 g/mol. The van der Waals surface area contributed by atoms with E-state index in [0.29, 0.717) is 0 Å². The number of hydrogen-bond acceptors (Lipinski definition) is 4. The summed E-state index contributed by atoms with van der Waals surface area (Å²) >= 11 is 0. The second-order valence-corrected chi connectivity index (χ2v) is 6.43. The highest BCUT2D eigenvalue weighted by Crippen LogP contribution is 2.19. The van der Waals surface area contributed by atoms with Crippen LogP contribution in [-0.4, -0.2) is 38.4 Å². The Labute approximate surface area is 159 Å². The molecule has 3 N–H and O–H groups in total. The van der Waals surface area contributed by atoms with Gasteiger partial charge in [-0.15, -0.1) is 0 Å². The van der Waals surface area contributed by atoms with Gasteiger partial charge >= 0.3 is 5.97 Å². The fourth-order valence-corrected chi connectivity index (χ4v) is 3.04. The number of benzene rings is 1. The smallest absolute Gasteiger partial charge is 0.326 e. The highest BCUT2D eigenvalue weighted by molar-refractivity contribution is 5.93. The Morgan fingerprint density at radius 2 is 1.93 bits per heavy atom. The number of carboxylic acid groups (broad SMARTS) is 1. The van der Waals surface area contributed by atoms with Crippen LogP contribution in [0, 0.1) is 0 Å². The first-order valence-electron chi connectivity index (χ1n) is 8.64. The van der Waals surface area contributed by atoms with Gasteiger partial charge in [-0.2, -0.15) is 0 Å². The zero-order valence-corrected chi connectivity index (χ0v) is 15.1. The average Bonchev–Trinajstić information content (AvgIpc) is 3.05. The summed E-state index contributed by atoms with van der Waals surface area (Å²) in [6.07, 6.45) is 3.19. The summed E-state index contributed by atoms with van der Waals surface area (Å²) in [6, 6.07) is 9.19. The van der Waals surface area contributed by atoms with Crippen molar-refractivity contribution in [2.45, 2.75) is 25.9 Å². The molecule has 0 radical (unpaired) electrons. The third-order valence-corrected chi connectivity index (χ3v) is 4.45. The molecule has 8 nitrogen and oxygen atoms in total. The number of ketones is 1. The van der Waals surface area contributed by atoms with E-state index in [4.69, 9.17) is 0 Å². The third-order valence-electron chi connectivity index (χ3n) is 4.45. The first-order chi connectivity index (χ1) is 13.4. The molecule has 0 aliphatic heterocycles. The summed E-state index contributed by atoms with van der Waals surface area (Å²) in [5.41, 5.74) is 1.03. The molecule has 1 aromatic carbocycles. The van der Waals surface area contributed by atoms with E-state index in [0.717, 1.165) is 21.0 Å². The topological polar surface area (TPSA) is 121 Å². The van der Waals surface area contributed by atoms with E-state index in [-0.39, 0.29) is 18.5 Å². The van der Waals surface area contributed by atoms with Crippen LogP contribution in [0.25, 0.3) is 10.9 Å². The van der Waals surface area contributed by atoms with Gasteiger partial charge in [-0.3, -0.25) is 14.4 Å². The van der Waals surface area contributed by atoms with Crippen molar-refractivity contribution in [3.63, 3.8) is 0 Å². The van der Waals surface area contributed by atoms with Crippen LogP contribution >= 0.6 is 0 Å². The molecule has 0 saturated heterocycles. The molecular weight excluding hydrogens is 362 g/mol. The van der Waals surface area contributed by atoms with Crippen LogP contribution in [0.2, 0.25) is 0 Å². The number of aromatic amines is 1. The number of H-pyrrole nitrogens is 1. The number of nitrogens with one attached hydrogen (secondary N) is 2. The third kappa shape index (κ3) is 4.01. The Kier molecular flexibility index (Phi) is 5.39. The minimum absolute atomic E-state index is 0.0242. The lowest BCUT2D eigenvalue weighted by atomic mass is 10.0. The molecule has 0 fully saturated rings. The Hall–Kier alpha value is -3.68. The lowest BCUT2D eigenvalue weighted by molar-refractivity contribution is -0.141. The van der Waals surface area contributed by atoms with Crippen molar-refractivity contribution in [1.29, 1.82) is 0 Å². The normalized spacial score (nSPS) is 11.9. The van der Waals surface area contributed by atoms with E-state index < -0.39 is 29.3 Å². The number of rotatable bonds is 7. The largest absolute Gasteiger partial charge is 0.480 e. The SMILES string of the molecule is CC(=O)c1cccn(CC(=O)N[C@@H](Cc2c[nH]c3ccccc23)C(=O)O)c1=O. The van der Waals surface area contributed by atoms with Crippen molar-refractivity contribution >= 4 is 28.6 Å². The van der Waals surface area contributed by atoms with E-state index in [1.807, 2.05) is 24.3 Å². The van der Waals surface area contributed by atoms with Gasteiger partial charge in [-0.05, 0) is 30.7 Å². The van der Waals surface area contributed by atoms with E-state index >= 15 is 0 Å². The van der Waals surface area contributed by atoms with Gasteiger partial charge in [0, 0.05) is 29.7 Å². The minimum atomic E-state index is -1.18. The molecule has 0 aliphatic carbocycles. The van der Waals surface area contributed by atoms with Crippen molar-refractivity contribution in [2.75, 3.05) is 0 Å². The molecule has 0 spiro atoms. The van der Waals surface area contributed by atoms with Crippen molar-refractivity contribution in [3.05, 3.63) is 70.3 Å². The maximum absolute atomic E-state index is 12.3. The fourth-order valence-electron chi connectivity index (χ4n) is 3.04. The summed E-state index contributed by atoms with van der Waals surface area (Å²) in [6.45, 7) is 0.889. The lowest BCUT2D eigenvalue weighted by Crippen LogP contribution is -2.44. The summed E-state index contributed by atoms with van der Waals surface area (Å²) < 4.78 is 1.08. The minimum Gasteiger partial charge on any atom is -0.480 e. The zero-order valence-electron chi connectivity index (χ0n) is 15.1. The van der Waals surface area contributed by atoms with Gasteiger partial charge in [-0.25, -0.2) is 4.79 Å². The molecule has 28 heavy (non-hydrogen) atoms. The molecule has 3 rings (SSSR count). The molecular formula is C20H19N3O5. The van der Waals surface area contributed by atoms with Gasteiger partial charge in [0.05, 0.1) is 5.56 Å². The second kappa shape index (κ2) is 7.91. The number of aliphatic carboxylic acids is 1. The number of aromatic nitrogens is 2. The van der Waals surface area contributed by atoms with Crippen LogP contribution in [0.3, 0.4) is 0 Å². The molecule has 8 heteroatoms. The Morgan fingerprint density at radius 3 is 2.64 bits per heavy atom. The number of Topliss-reactive ketones (excluding diaryl/α,β-unsaturated/α-hetero) is 1. The van der Waals surface area contributed by atoms with Crippen molar-refractivity contribution in [3.8, 4) is 0 Å². The van der Waals surface area contributed by atoms with E-state index in [1.54, 1.807) is 6.20 Å². The number of nitrogens with zero attached hydrogens (tertiary/aromatic N) is 1. The van der Waals surface area contributed by atoms with Gasteiger partial charge in [0.2, 0.25) is 5.91 Å². The number of para-hydroxylation sites is 1. The molecule has 1 atom stereocenters. The highest BCUT2D eigenvalue weighted by Gasteiger charge is 2.22. The maximum atomic E-state index is 12.3. The number of carbonyl (C=O) groups excluding carboxylic acids is 2. The van der Waals surface area contributed by atoms with Crippen LogP contribution in [-0.2, 0) is 22.6 Å². The molecule has 3 aromatic rings. The van der Waals surface area contributed by atoms with Crippen LogP contribution in [0.5, 0.6) is 0 Å². The monoisotopic (exact) mass is 381 g/mol. The van der Waals surface area contributed by atoms with E-state index in [9.17, 15) is 24.3 Å². The quantitative estimate of drug-likeness (QED) is 0.533. The van der Waals surface area contributed by atoms with Crippen LogP contribution < -0.4 is 10.9 Å². The van der Waals surface area contributed by atoms with Crippen LogP contribution in [0.15, 0.2) is 53.6 Å². The molecule has 0 saturated carbocycles. The summed E-state index contributed by atoms with van der Waals surface area (Å²) in [5.74, 6) is -2.21. The first-order valence-corrected chi connectivity index (χ1v) is 8.64. The van der Waals surface area contributed by atoms with Crippen molar-refractivity contribution in [2.24, 2.45) is 0 Å². The Balaban J connectivity index is 1.75. The predicted octanol–water partition coefficient (Wildman–Crippen LogP) is 1.34. The number of pyridine rings is 1. The number of amides is 1. The van der Waals surface area contributed by atoms with Crippen LogP contribution in [0.4, 0.5) is 0 Å². The molecule has 0 unspecified atom stereocenters. The molecule has 0 aliphatic rings. The molecule has 2 aromatic heterocycles. The maximum Gasteiger partial charge on any atom is 0.326 e. The number of fused-ring (bicyclic) bond motifs is 1. The summed E-state index contributed by atoms with van der Waals surface area (Å²) in [5, 5.41) is 12.8. The van der Waals surface area contributed by atoms with Crippen molar-refractivity contribution < 1.29 is 19.5 Å². The summed E-state index contributed by atoms with van der Waals surface area (Å²) in [7, 11) is 0. The number of carboxylic acids is 1. The zero-order chi connectivity index (χ0) is 20.3. The van der Waals surface area contributed by atoms with E-state index in [1.165, 1.54) is 25.3 Å². The molecule has 2 heterocycles. The molecule has 0 bridgehead atoms. The highest BCUT2D eigenvalue weighted by atomic mass is 16.4. The standard InChI is InChI=1S/C20H19N3O5/c1-12(24)14-6-4-8-23(19(14)26)11-18(25)22-17(20(27)28)9-13-10-21-16-7-3-2-5-15(13)16/h2-8,10,17,21H,9,11H2,1H3,(H,22,25)(H,27,28)/t17-/m0/s1. The van der Waals surface area contributed by atoms with Gasteiger partial charge in [0.1, 0.15) is 12.6 Å². The molecule has 144 valence electrons. The Morgan fingerprint density at radius 1 is 1.18 bits per heavy atom. The number of carbonyl (C=O) groups is 3. The van der Waals surface area contributed by atoms with E-state index in [2.05, 4.69) is 10.3 Å².